The molecule has 4 nitrogen and oxygen atoms in total. The van der Waals surface area contributed by atoms with Crippen LogP contribution in [0.2, 0.25) is 0 Å². The molecule has 0 spiro atoms. The Morgan fingerprint density at radius 2 is 2.67 bits per heavy atom. The van der Waals surface area contributed by atoms with E-state index >= 15 is 0 Å². The Balaban J connectivity index is 2.36. The van der Waals surface area contributed by atoms with E-state index < -0.39 is 0 Å². The van der Waals surface area contributed by atoms with Crippen molar-refractivity contribution in [2.75, 3.05) is 5.88 Å². The zero-order valence-electron chi connectivity index (χ0n) is 6.24. The molecule has 0 bridgehead atoms. The van der Waals surface area contributed by atoms with Crippen molar-refractivity contribution in [3.8, 4) is 6.01 Å². The summed E-state index contributed by atoms with van der Waals surface area (Å²) >= 11 is 5.59. The van der Waals surface area contributed by atoms with Crippen LogP contribution in [0, 0.1) is 0 Å². The quantitative estimate of drug-likeness (QED) is 0.591. The summed E-state index contributed by atoms with van der Waals surface area (Å²) in [4.78, 5) is 14.5. The number of rotatable bonds is 1. The molecule has 1 aromatic heterocycles. The summed E-state index contributed by atoms with van der Waals surface area (Å²) in [5.41, 5.74) is -0.281. The smallest absolute Gasteiger partial charge is 0.300 e. The fourth-order valence-corrected chi connectivity index (χ4v) is 1.29. The second-order valence-corrected chi connectivity index (χ2v) is 2.90. The Kier molecular flexibility index (Phi) is 1.77. The van der Waals surface area contributed by atoms with Gasteiger partial charge in [0.15, 0.2) is 0 Å². The summed E-state index contributed by atoms with van der Waals surface area (Å²) in [6.45, 7) is 0.673. The van der Waals surface area contributed by atoms with Gasteiger partial charge in [0.25, 0.3) is 11.6 Å². The number of ether oxygens (including phenoxy) is 1. The minimum atomic E-state index is -0.281. The lowest BCUT2D eigenvalue weighted by Crippen LogP contribution is -2.15. The van der Waals surface area contributed by atoms with E-state index in [1.165, 1.54) is 6.07 Å². The van der Waals surface area contributed by atoms with Gasteiger partial charge in [-0.25, -0.2) is 0 Å². The maximum Gasteiger partial charge on any atom is 0.300 e. The van der Waals surface area contributed by atoms with Crippen molar-refractivity contribution < 1.29 is 4.74 Å². The van der Waals surface area contributed by atoms with Crippen molar-refractivity contribution in [1.29, 1.82) is 0 Å². The first kappa shape index (κ1) is 7.61. The monoisotopic (exact) mass is 186 g/mol. The largest absolute Gasteiger partial charge is 0.458 e. The SMILES string of the molecule is O=c1ccn2c(n1)OC(CCl)C2. The third kappa shape index (κ3) is 1.18. The Morgan fingerprint density at radius 3 is 3.42 bits per heavy atom. The number of hydrogen-bond acceptors (Lipinski definition) is 3. The summed E-state index contributed by atoms with van der Waals surface area (Å²) < 4.78 is 7.03. The molecule has 1 aromatic rings. The van der Waals surface area contributed by atoms with Crippen LogP contribution in [0.3, 0.4) is 0 Å². The number of aromatic nitrogens is 2. The van der Waals surface area contributed by atoms with Gasteiger partial charge in [-0.1, -0.05) is 0 Å². The highest BCUT2D eigenvalue weighted by Crippen LogP contribution is 2.16. The molecule has 2 heterocycles. The number of alkyl halides is 1. The van der Waals surface area contributed by atoms with Crippen molar-refractivity contribution in [3.63, 3.8) is 0 Å². The normalized spacial score (nSPS) is 20.2. The van der Waals surface area contributed by atoms with E-state index in [9.17, 15) is 4.79 Å². The molecule has 0 saturated heterocycles. The van der Waals surface area contributed by atoms with Crippen LogP contribution >= 0.6 is 11.6 Å². The average molecular weight is 187 g/mol. The fraction of sp³-hybridized carbons (Fsp3) is 0.429. The van der Waals surface area contributed by atoms with Gasteiger partial charge in [0.1, 0.15) is 6.10 Å². The Hall–Kier alpha value is -1.03. The summed E-state index contributed by atoms with van der Waals surface area (Å²) in [6.07, 6.45) is 1.61. The lowest BCUT2D eigenvalue weighted by atomic mass is 10.4. The molecule has 1 unspecified atom stereocenters. The molecule has 0 fully saturated rings. The second-order valence-electron chi connectivity index (χ2n) is 2.59. The van der Waals surface area contributed by atoms with Gasteiger partial charge in [0.2, 0.25) is 0 Å². The van der Waals surface area contributed by atoms with Gasteiger partial charge in [0, 0.05) is 12.3 Å². The highest BCUT2D eigenvalue weighted by atomic mass is 35.5. The van der Waals surface area contributed by atoms with Crippen LogP contribution in [0.1, 0.15) is 0 Å². The first-order valence-corrected chi connectivity index (χ1v) is 4.13. The van der Waals surface area contributed by atoms with E-state index in [0.29, 0.717) is 18.4 Å². The van der Waals surface area contributed by atoms with Crippen LogP contribution < -0.4 is 10.3 Å². The maximum absolute atomic E-state index is 10.8. The first-order chi connectivity index (χ1) is 5.79. The fourth-order valence-electron chi connectivity index (χ4n) is 1.13. The number of nitrogens with zero attached hydrogens (tertiary/aromatic N) is 2. The van der Waals surface area contributed by atoms with Gasteiger partial charge in [-0.2, -0.15) is 4.98 Å². The molecular weight excluding hydrogens is 180 g/mol. The standard InChI is InChI=1S/C7H7ClN2O2/c8-3-5-4-10-2-1-6(11)9-7(10)12-5/h1-2,5H,3-4H2. The van der Waals surface area contributed by atoms with E-state index in [2.05, 4.69) is 4.98 Å². The van der Waals surface area contributed by atoms with Gasteiger partial charge >= 0.3 is 0 Å². The lowest BCUT2D eigenvalue weighted by Gasteiger charge is -2.00. The third-order valence-corrected chi connectivity index (χ3v) is 2.04. The van der Waals surface area contributed by atoms with Crippen LogP contribution in [0.4, 0.5) is 0 Å². The molecule has 64 valence electrons. The topological polar surface area (TPSA) is 44.1 Å². The van der Waals surface area contributed by atoms with E-state index in [0.717, 1.165) is 0 Å². The molecule has 1 aliphatic heterocycles. The summed E-state index contributed by atoms with van der Waals surface area (Å²) in [5.74, 6) is 0.414. The molecule has 5 heteroatoms. The van der Waals surface area contributed by atoms with Gasteiger partial charge in [-0.05, 0) is 0 Å². The number of halogens is 1. The lowest BCUT2D eigenvalue weighted by molar-refractivity contribution is 0.249. The van der Waals surface area contributed by atoms with Crippen molar-refractivity contribution >= 4 is 11.6 Å². The highest BCUT2D eigenvalue weighted by molar-refractivity contribution is 6.18. The molecule has 0 saturated carbocycles. The molecule has 1 aliphatic rings. The molecule has 1 atom stereocenters. The molecule has 0 aliphatic carbocycles. The Morgan fingerprint density at radius 1 is 1.83 bits per heavy atom. The van der Waals surface area contributed by atoms with E-state index in [-0.39, 0.29) is 11.7 Å². The van der Waals surface area contributed by atoms with Crippen LogP contribution in [0.15, 0.2) is 17.1 Å². The average Bonchev–Trinajstić information content (AvgIpc) is 2.46. The summed E-state index contributed by atoms with van der Waals surface area (Å²) in [6, 6.07) is 1.77. The maximum atomic E-state index is 10.8. The first-order valence-electron chi connectivity index (χ1n) is 3.59. The van der Waals surface area contributed by atoms with Gasteiger partial charge in [-0.15, -0.1) is 11.6 Å². The summed E-state index contributed by atoms with van der Waals surface area (Å²) in [5, 5.41) is 0. The molecule has 0 N–H and O–H groups in total. The molecular formula is C7H7ClN2O2. The number of hydrogen-bond donors (Lipinski definition) is 0. The van der Waals surface area contributed by atoms with Crippen molar-refractivity contribution in [1.82, 2.24) is 9.55 Å². The number of fused-ring (bicyclic) bond motifs is 1. The second kappa shape index (κ2) is 2.79. The molecule has 0 aromatic carbocycles. The predicted octanol–water partition coefficient (Wildman–Crippen LogP) is 0.243. The van der Waals surface area contributed by atoms with Crippen molar-refractivity contribution in [3.05, 3.63) is 22.6 Å². The van der Waals surface area contributed by atoms with Gasteiger partial charge in [0.05, 0.1) is 12.4 Å². The molecule has 0 amide bonds. The van der Waals surface area contributed by atoms with E-state index in [1.54, 1.807) is 10.8 Å². The van der Waals surface area contributed by atoms with Crippen LogP contribution in [0.5, 0.6) is 6.01 Å². The van der Waals surface area contributed by atoms with Crippen molar-refractivity contribution in [2.24, 2.45) is 0 Å². The van der Waals surface area contributed by atoms with Crippen LogP contribution in [-0.2, 0) is 6.54 Å². The minimum absolute atomic E-state index is 0.0547. The van der Waals surface area contributed by atoms with E-state index in [1.807, 2.05) is 0 Å². The zero-order chi connectivity index (χ0) is 8.55. The van der Waals surface area contributed by atoms with Crippen LogP contribution in [0.25, 0.3) is 0 Å². The van der Waals surface area contributed by atoms with E-state index in [4.69, 9.17) is 16.3 Å². The Bertz CT molecular complexity index is 350. The summed E-state index contributed by atoms with van der Waals surface area (Å²) in [7, 11) is 0. The zero-order valence-corrected chi connectivity index (χ0v) is 6.99. The van der Waals surface area contributed by atoms with Gasteiger partial charge < -0.3 is 4.74 Å². The highest BCUT2D eigenvalue weighted by Gasteiger charge is 2.21. The van der Waals surface area contributed by atoms with Gasteiger partial charge in [-0.3, -0.25) is 9.36 Å². The molecule has 0 radical (unpaired) electrons. The minimum Gasteiger partial charge on any atom is -0.458 e. The van der Waals surface area contributed by atoms with Crippen molar-refractivity contribution in [2.45, 2.75) is 12.6 Å². The Labute approximate surface area is 73.7 Å². The molecule has 12 heavy (non-hydrogen) atoms. The molecule has 2 rings (SSSR count). The predicted molar refractivity (Wildman–Crippen MR) is 43.6 cm³/mol. The van der Waals surface area contributed by atoms with Crippen LogP contribution in [-0.4, -0.2) is 21.5 Å². The third-order valence-electron chi connectivity index (χ3n) is 1.69.